The molecule has 0 radical (unpaired) electrons. The molecule has 1 heteroatoms. The van der Waals surface area contributed by atoms with Gasteiger partial charge in [0.2, 0.25) is 0 Å². The summed E-state index contributed by atoms with van der Waals surface area (Å²) < 4.78 is 6.39. The molecular formula is C15H30O. The number of rotatable bonds is 2. The summed E-state index contributed by atoms with van der Waals surface area (Å²) in [5.41, 5.74) is 0.489. The van der Waals surface area contributed by atoms with Crippen molar-refractivity contribution in [2.24, 2.45) is 16.7 Å². The molecule has 1 saturated heterocycles. The van der Waals surface area contributed by atoms with Crippen molar-refractivity contribution in [3.05, 3.63) is 0 Å². The number of hydrogen-bond donors (Lipinski definition) is 0. The van der Waals surface area contributed by atoms with E-state index in [-0.39, 0.29) is 16.4 Å². The summed E-state index contributed by atoms with van der Waals surface area (Å²) >= 11 is 0. The first-order valence-electron chi connectivity index (χ1n) is 6.79. The summed E-state index contributed by atoms with van der Waals surface area (Å²) in [5, 5.41) is 0. The highest BCUT2D eigenvalue weighted by atomic mass is 16.5. The Labute approximate surface area is 102 Å². The van der Waals surface area contributed by atoms with Gasteiger partial charge < -0.3 is 4.74 Å². The van der Waals surface area contributed by atoms with Crippen molar-refractivity contribution in [2.45, 2.75) is 79.9 Å². The summed E-state index contributed by atoms with van der Waals surface area (Å²) in [6, 6.07) is 0. The Kier molecular flexibility index (Phi) is 3.52. The van der Waals surface area contributed by atoms with Gasteiger partial charge in [0.25, 0.3) is 0 Å². The van der Waals surface area contributed by atoms with Crippen LogP contribution in [0.15, 0.2) is 0 Å². The van der Waals surface area contributed by atoms with Crippen LogP contribution in [0.3, 0.4) is 0 Å². The molecule has 0 aromatic heterocycles. The third-order valence-electron chi connectivity index (χ3n) is 5.37. The van der Waals surface area contributed by atoms with Gasteiger partial charge in [0.1, 0.15) is 0 Å². The van der Waals surface area contributed by atoms with Crippen LogP contribution in [-0.4, -0.2) is 11.7 Å². The summed E-state index contributed by atoms with van der Waals surface area (Å²) in [7, 11) is 0. The lowest BCUT2D eigenvalue weighted by Crippen LogP contribution is -2.61. The van der Waals surface area contributed by atoms with Crippen LogP contribution < -0.4 is 0 Å². The molecule has 0 spiro atoms. The van der Waals surface area contributed by atoms with Gasteiger partial charge in [-0.2, -0.15) is 0 Å². The smallest absolute Gasteiger partial charge is 0.0684 e. The van der Waals surface area contributed by atoms with Gasteiger partial charge in [-0.05, 0) is 37.0 Å². The predicted molar refractivity (Wildman–Crippen MR) is 70.6 cm³/mol. The maximum atomic E-state index is 6.39. The Balaban J connectivity index is 3.17. The summed E-state index contributed by atoms with van der Waals surface area (Å²) in [4.78, 5) is 0. The van der Waals surface area contributed by atoms with Gasteiger partial charge in [-0.15, -0.1) is 0 Å². The van der Waals surface area contributed by atoms with Gasteiger partial charge >= 0.3 is 0 Å². The molecule has 0 bridgehead atoms. The van der Waals surface area contributed by atoms with Crippen molar-refractivity contribution in [1.82, 2.24) is 0 Å². The highest BCUT2D eigenvalue weighted by molar-refractivity contribution is 5.04. The van der Waals surface area contributed by atoms with Crippen LogP contribution in [0.4, 0.5) is 0 Å². The first kappa shape index (κ1) is 14.0. The standard InChI is InChI=1S/C15H30O/c1-9-11-13(3,4)12(10-2)16-15(7,8)14(11,5)6/h11-12H,9-10H2,1-8H3. The number of hydrogen-bond acceptors (Lipinski definition) is 1. The van der Waals surface area contributed by atoms with Crippen molar-refractivity contribution >= 4 is 0 Å². The van der Waals surface area contributed by atoms with Gasteiger partial charge in [-0.3, -0.25) is 0 Å². The third-order valence-corrected chi connectivity index (χ3v) is 5.37. The molecule has 0 N–H and O–H groups in total. The van der Waals surface area contributed by atoms with Crippen LogP contribution in [0.2, 0.25) is 0 Å². The fourth-order valence-corrected chi connectivity index (χ4v) is 3.88. The van der Waals surface area contributed by atoms with E-state index < -0.39 is 0 Å². The molecule has 1 fully saturated rings. The van der Waals surface area contributed by atoms with Crippen molar-refractivity contribution in [3.8, 4) is 0 Å². The Morgan fingerprint density at radius 1 is 0.875 bits per heavy atom. The van der Waals surface area contributed by atoms with E-state index in [9.17, 15) is 0 Å². The molecule has 2 unspecified atom stereocenters. The van der Waals surface area contributed by atoms with Gasteiger partial charge in [0.15, 0.2) is 0 Å². The lowest BCUT2D eigenvalue weighted by atomic mass is 9.54. The molecule has 1 heterocycles. The van der Waals surface area contributed by atoms with E-state index >= 15 is 0 Å². The quantitative estimate of drug-likeness (QED) is 0.666. The predicted octanol–water partition coefficient (Wildman–Crippen LogP) is 4.65. The largest absolute Gasteiger partial charge is 0.371 e. The lowest BCUT2D eigenvalue weighted by molar-refractivity contribution is -0.257. The van der Waals surface area contributed by atoms with Crippen molar-refractivity contribution in [3.63, 3.8) is 0 Å². The summed E-state index contributed by atoms with van der Waals surface area (Å²) in [6.45, 7) is 18.6. The second kappa shape index (κ2) is 4.01. The van der Waals surface area contributed by atoms with E-state index in [1.54, 1.807) is 0 Å². The average Bonchev–Trinajstić information content (AvgIpc) is 2.12. The maximum absolute atomic E-state index is 6.39. The Morgan fingerprint density at radius 2 is 1.38 bits per heavy atom. The van der Waals surface area contributed by atoms with E-state index in [4.69, 9.17) is 4.74 Å². The molecule has 1 aliphatic heterocycles. The van der Waals surface area contributed by atoms with E-state index in [0.29, 0.717) is 12.0 Å². The molecule has 0 amide bonds. The SMILES string of the molecule is CCC1OC(C)(C)C(C)(C)C(CC)C1(C)C. The molecule has 1 rings (SSSR count). The molecule has 0 aliphatic carbocycles. The van der Waals surface area contributed by atoms with Crippen molar-refractivity contribution in [1.29, 1.82) is 0 Å². The van der Waals surface area contributed by atoms with Crippen LogP contribution in [0.5, 0.6) is 0 Å². The first-order chi connectivity index (χ1) is 7.11. The van der Waals surface area contributed by atoms with Crippen LogP contribution in [-0.2, 0) is 4.74 Å². The fourth-order valence-electron chi connectivity index (χ4n) is 3.88. The highest BCUT2D eigenvalue weighted by Crippen LogP contribution is 2.57. The normalized spacial score (nSPS) is 36.0. The molecule has 2 atom stereocenters. The van der Waals surface area contributed by atoms with Crippen LogP contribution in [0, 0.1) is 16.7 Å². The molecule has 16 heavy (non-hydrogen) atoms. The summed E-state index contributed by atoms with van der Waals surface area (Å²) in [6.07, 6.45) is 2.74. The minimum Gasteiger partial charge on any atom is -0.371 e. The van der Waals surface area contributed by atoms with Gasteiger partial charge in [0, 0.05) is 0 Å². The molecule has 1 aliphatic rings. The van der Waals surface area contributed by atoms with E-state index in [0.717, 1.165) is 6.42 Å². The minimum absolute atomic E-state index is 0.0239. The Morgan fingerprint density at radius 3 is 1.75 bits per heavy atom. The monoisotopic (exact) mass is 226 g/mol. The van der Waals surface area contributed by atoms with Gasteiger partial charge in [-0.25, -0.2) is 0 Å². The molecule has 1 nitrogen and oxygen atoms in total. The average molecular weight is 226 g/mol. The minimum atomic E-state index is -0.0239. The topological polar surface area (TPSA) is 9.23 Å². The molecule has 96 valence electrons. The lowest BCUT2D eigenvalue weighted by Gasteiger charge is -2.61. The fraction of sp³-hybridized carbons (Fsp3) is 1.00. The van der Waals surface area contributed by atoms with Crippen molar-refractivity contribution in [2.75, 3.05) is 0 Å². The first-order valence-corrected chi connectivity index (χ1v) is 6.79. The zero-order chi connectivity index (χ0) is 12.8. The van der Waals surface area contributed by atoms with Crippen molar-refractivity contribution < 1.29 is 4.74 Å². The number of ether oxygens (including phenoxy) is 1. The summed E-state index contributed by atoms with van der Waals surface area (Å²) in [5.74, 6) is 0.716. The molecule has 0 aromatic carbocycles. The molecule has 0 aromatic rings. The zero-order valence-electron chi connectivity index (χ0n) is 12.5. The maximum Gasteiger partial charge on any atom is 0.0684 e. The molecular weight excluding hydrogens is 196 g/mol. The van der Waals surface area contributed by atoms with E-state index in [2.05, 4.69) is 55.4 Å². The molecule has 0 saturated carbocycles. The zero-order valence-corrected chi connectivity index (χ0v) is 12.5. The van der Waals surface area contributed by atoms with E-state index in [1.165, 1.54) is 6.42 Å². The Bertz CT molecular complexity index is 250. The van der Waals surface area contributed by atoms with Gasteiger partial charge in [-0.1, -0.05) is 48.0 Å². The highest BCUT2D eigenvalue weighted by Gasteiger charge is 2.56. The second-order valence-corrected chi connectivity index (χ2v) is 7.03. The third kappa shape index (κ3) is 1.81. The Hall–Kier alpha value is -0.0400. The van der Waals surface area contributed by atoms with E-state index in [1.807, 2.05) is 0 Å². The van der Waals surface area contributed by atoms with Crippen LogP contribution >= 0.6 is 0 Å². The second-order valence-electron chi connectivity index (χ2n) is 7.03. The van der Waals surface area contributed by atoms with Crippen LogP contribution in [0.1, 0.15) is 68.2 Å². The van der Waals surface area contributed by atoms with Gasteiger partial charge in [0.05, 0.1) is 11.7 Å². The van der Waals surface area contributed by atoms with Crippen LogP contribution in [0.25, 0.3) is 0 Å².